The van der Waals surface area contributed by atoms with Gasteiger partial charge in [0.1, 0.15) is 6.54 Å². The summed E-state index contributed by atoms with van der Waals surface area (Å²) in [6.07, 6.45) is 2.62. The number of hydrazone groups is 1. The van der Waals surface area contributed by atoms with Crippen molar-refractivity contribution in [3.05, 3.63) is 58.5 Å². The highest BCUT2D eigenvalue weighted by molar-refractivity contribution is 5.86. The summed E-state index contributed by atoms with van der Waals surface area (Å²) in [5.41, 5.74) is 2.10. The number of hydrogen-bond acceptors (Lipinski definition) is 5. The minimum absolute atomic E-state index is 0.138. The normalized spacial score (nSPS) is 10.9. The van der Waals surface area contributed by atoms with E-state index in [1.807, 2.05) is 0 Å². The van der Waals surface area contributed by atoms with Crippen LogP contribution in [0.3, 0.4) is 0 Å². The molecule has 0 fully saturated rings. The van der Waals surface area contributed by atoms with E-state index in [0.717, 1.165) is 6.21 Å². The molecule has 0 bridgehead atoms. The second-order valence-corrected chi connectivity index (χ2v) is 4.95. The highest BCUT2D eigenvalue weighted by atomic mass is 19.3. The van der Waals surface area contributed by atoms with E-state index in [1.54, 1.807) is 25.1 Å². The predicted octanol–water partition coefficient (Wildman–Crippen LogP) is 2.00. The van der Waals surface area contributed by atoms with Crippen LogP contribution in [-0.4, -0.2) is 29.9 Å². The first-order valence-corrected chi connectivity index (χ1v) is 7.69. The minimum atomic E-state index is -3.04. The zero-order valence-electron chi connectivity index (χ0n) is 13.9. The second-order valence-electron chi connectivity index (χ2n) is 4.95. The van der Waals surface area contributed by atoms with Crippen molar-refractivity contribution in [2.45, 2.75) is 20.1 Å². The second kappa shape index (κ2) is 9.30. The summed E-state index contributed by atoms with van der Waals surface area (Å²) < 4.78 is 36.2. The highest BCUT2D eigenvalue weighted by Gasteiger charge is 2.14. The molecule has 0 spiro atoms. The van der Waals surface area contributed by atoms with Crippen LogP contribution in [0.2, 0.25) is 0 Å². The van der Waals surface area contributed by atoms with E-state index in [2.05, 4.69) is 15.3 Å². The Labute approximate surface area is 147 Å². The van der Waals surface area contributed by atoms with Gasteiger partial charge >= 0.3 is 6.61 Å². The third-order valence-corrected chi connectivity index (χ3v) is 3.12. The molecule has 0 aliphatic carbocycles. The van der Waals surface area contributed by atoms with Gasteiger partial charge in [0.05, 0.1) is 12.8 Å². The lowest BCUT2D eigenvalue weighted by molar-refractivity contribution is -0.121. The molecule has 1 amide bonds. The predicted molar refractivity (Wildman–Crippen MR) is 90.7 cm³/mol. The average Bonchev–Trinajstić information content (AvgIpc) is 2.59. The van der Waals surface area contributed by atoms with Gasteiger partial charge in [0.2, 0.25) is 0 Å². The van der Waals surface area contributed by atoms with Gasteiger partial charge in [-0.25, -0.2) is 5.43 Å². The number of rotatable bonds is 8. The molecule has 0 saturated carbocycles. The molecule has 7 nitrogen and oxygen atoms in total. The Kier molecular flexibility index (Phi) is 6.84. The Bertz CT molecular complexity index is 837. The highest BCUT2D eigenvalue weighted by Crippen LogP contribution is 2.31. The molecule has 0 atom stereocenters. The summed E-state index contributed by atoms with van der Waals surface area (Å²) in [4.78, 5) is 23.4. The summed E-state index contributed by atoms with van der Waals surface area (Å²) in [5, 5.41) is 3.72. The van der Waals surface area contributed by atoms with Crippen LogP contribution in [0, 0.1) is 0 Å². The number of carbonyl (C=O) groups excluding carboxylic acids is 1. The number of amides is 1. The first kappa shape index (κ1) is 19.1. The van der Waals surface area contributed by atoms with Gasteiger partial charge in [0.25, 0.3) is 11.5 Å². The van der Waals surface area contributed by atoms with Gasteiger partial charge in [-0.15, -0.1) is 0 Å². The molecular formula is C17H17F2N3O4. The quantitative estimate of drug-likeness (QED) is 0.573. The van der Waals surface area contributed by atoms with Crippen LogP contribution in [0.25, 0.3) is 0 Å². The monoisotopic (exact) mass is 365 g/mol. The Morgan fingerprint density at radius 1 is 1.31 bits per heavy atom. The fourth-order valence-electron chi connectivity index (χ4n) is 2.07. The van der Waals surface area contributed by atoms with Crippen LogP contribution >= 0.6 is 0 Å². The van der Waals surface area contributed by atoms with E-state index in [4.69, 9.17) is 4.74 Å². The lowest BCUT2D eigenvalue weighted by atomic mass is 10.2. The molecule has 0 aliphatic heterocycles. The third-order valence-electron chi connectivity index (χ3n) is 3.12. The Balaban J connectivity index is 2.09. The Morgan fingerprint density at radius 2 is 2.12 bits per heavy atom. The van der Waals surface area contributed by atoms with Crippen LogP contribution in [0.1, 0.15) is 12.5 Å². The topological polar surface area (TPSA) is 81.9 Å². The van der Waals surface area contributed by atoms with Crippen LogP contribution in [0.5, 0.6) is 11.5 Å². The zero-order chi connectivity index (χ0) is 18.9. The zero-order valence-corrected chi connectivity index (χ0v) is 13.9. The number of nitrogens with one attached hydrogen (secondary N) is 1. The molecule has 2 aromatic rings. The van der Waals surface area contributed by atoms with Gasteiger partial charge in [-0.1, -0.05) is 12.1 Å². The standard InChI is InChI=1S/C17H17F2N3O4/c1-2-25-13-7-5-6-12(16(13)26-17(18)19)10-20-21-14(23)11-22-9-4-3-8-15(22)24/h3-10,17H,2,11H2,1H3,(H,21,23)/b20-10-. The summed E-state index contributed by atoms with van der Waals surface area (Å²) in [6.45, 7) is -1.29. The van der Waals surface area contributed by atoms with E-state index in [1.165, 1.54) is 29.0 Å². The van der Waals surface area contributed by atoms with Gasteiger partial charge in [-0.05, 0) is 25.1 Å². The third kappa shape index (κ3) is 5.40. The van der Waals surface area contributed by atoms with E-state index >= 15 is 0 Å². The number of alkyl halides is 2. The van der Waals surface area contributed by atoms with Crippen molar-refractivity contribution in [3.8, 4) is 11.5 Å². The number of pyridine rings is 1. The number of carbonyl (C=O) groups is 1. The van der Waals surface area contributed by atoms with E-state index < -0.39 is 12.5 Å². The maximum Gasteiger partial charge on any atom is 0.387 e. The molecular weight excluding hydrogens is 348 g/mol. The number of para-hydroxylation sites is 1. The van der Waals surface area contributed by atoms with Crippen molar-refractivity contribution < 1.29 is 23.0 Å². The molecule has 0 unspecified atom stereocenters. The first-order valence-electron chi connectivity index (χ1n) is 7.69. The van der Waals surface area contributed by atoms with Gasteiger partial charge in [0.15, 0.2) is 11.5 Å². The number of halogens is 2. The van der Waals surface area contributed by atoms with Crippen molar-refractivity contribution in [1.82, 2.24) is 9.99 Å². The van der Waals surface area contributed by atoms with E-state index in [-0.39, 0.29) is 35.8 Å². The smallest absolute Gasteiger partial charge is 0.387 e. The lowest BCUT2D eigenvalue weighted by Gasteiger charge is -2.13. The van der Waals surface area contributed by atoms with Gasteiger partial charge in [-0.3, -0.25) is 9.59 Å². The fraction of sp³-hybridized carbons (Fsp3) is 0.235. The van der Waals surface area contributed by atoms with Crippen LogP contribution in [-0.2, 0) is 11.3 Å². The van der Waals surface area contributed by atoms with Crippen LogP contribution in [0.15, 0.2) is 52.5 Å². The maximum atomic E-state index is 12.6. The molecule has 1 heterocycles. The lowest BCUT2D eigenvalue weighted by Crippen LogP contribution is -2.29. The summed E-state index contributed by atoms with van der Waals surface area (Å²) in [5.74, 6) is -0.590. The van der Waals surface area contributed by atoms with E-state index in [9.17, 15) is 18.4 Å². The molecule has 26 heavy (non-hydrogen) atoms. The molecule has 1 aromatic heterocycles. The SMILES string of the molecule is CCOc1cccc(/C=N\NC(=O)Cn2ccccc2=O)c1OC(F)F. The molecule has 2 rings (SSSR count). The summed E-state index contributed by atoms with van der Waals surface area (Å²) in [7, 11) is 0. The van der Waals surface area contributed by atoms with Crippen molar-refractivity contribution in [2.24, 2.45) is 5.10 Å². The molecule has 138 valence electrons. The maximum absolute atomic E-state index is 12.6. The fourth-order valence-corrected chi connectivity index (χ4v) is 2.07. The van der Waals surface area contributed by atoms with Crippen molar-refractivity contribution in [2.75, 3.05) is 6.61 Å². The Morgan fingerprint density at radius 3 is 2.81 bits per heavy atom. The molecule has 0 aliphatic rings. The molecule has 9 heteroatoms. The van der Waals surface area contributed by atoms with Crippen LogP contribution in [0.4, 0.5) is 8.78 Å². The van der Waals surface area contributed by atoms with E-state index in [0.29, 0.717) is 0 Å². The van der Waals surface area contributed by atoms with Crippen molar-refractivity contribution in [1.29, 1.82) is 0 Å². The number of aromatic nitrogens is 1. The minimum Gasteiger partial charge on any atom is -0.490 e. The number of nitrogens with zero attached hydrogens (tertiary/aromatic N) is 2. The number of benzene rings is 1. The Hall–Kier alpha value is -3.23. The summed E-state index contributed by atoms with van der Waals surface area (Å²) in [6, 6.07) is 9.05. The molecule has 1 N–H and O–H groups in total. The molecule has 0 saturated heterocycles. The molecule has 0 radical (unpaired) electrons. The van der Waals surface area contributed by atoms with Gasteiger partial charge in [0, 0.05) is 17.8 Å². The van der Waals surface area contributed by atoms with Crippen LogP contribution < -0.4 is 20.5 Å². The number of hydrogen-bond donors (Lipinski definition) is 1. The molecule has 1 aromatic carbocycles. The van der Waals surface area contributed by atoms with Gasteiger partial charge < -0.3 is 14.0 Å². The summed E-state index contributed by atoms with van der Waals surface area (Å²) >= 11 is 0. The number of ether oxygens (including phenoxy) is 2. The first-order chi connectivity index (χ1) is 12.5. The van der Waals surface area contributed by atoms with Crippen molar-refractivity contribution in [3.63, 3.8) is 0 Å². The van der Waals surface area contributed by atoms with Gasteiger partial charge in [-0.2, -0.15) is 13.9 Å². The largest absolute Gasteiger partial charge is 0.490 e. The van der Waals surface area contributed by atoms with Crippen molar-refractivity contribution >= 4 is 12.1 Å². The average molecular weight is 365 g/mol.